The summed E-state index contributed by atoms with van der Waals surface area (Å²) in [7, 11) is 0. The molecule has 6 nitrogen and oxygen atoms in total. The zero-order valence-electron chi connectivity index (χ0n) is 52.9. The van der Waals surface area contributed by atoms with Crippen molar-refractivity contribution in [1.82, 2.24) is 5.32 Å². The van der Waals surface area contributed by atoms with Crippen molar-refractivity contribution in [3.63, 3.8) is 0 Å². The highest BCUT2D eigenvalue weighted by molar-refractivity contribution is 5.76. The molecular weight excluding hydrogens is 959 g/mol. The normalized spacial score (nSPS) is 12.6. The van der Waals surface area contributed by atoms with Gasteiger partial charge in [-0.2, -0.15) is 0 Å². The molecule has 0 aromatic heterocycles. The molecule has 0 aromatic carbocycles. The first-order valence-electron chi connectivity index (χ1n) is 35.6. The predicted molar refractivity (Wildman–Crippen MR) is 343 cm³/mol. The van der Waals surface area contributed by atoms with Crippen LogP contribution in [0.25, 0.3) is 0 Å². The fourth-order valence-electron chi connectivity index (χ4n) is 11.3. The predicted octanol–water partition coefficient (Wildman–Crippen LogP) is 22.9. The van der Waals surface area contributed by atoms with Gasteiger partial charge in [-0.3, -0.25) is 9.59 Å². The van der Waals surface area contributed by atoms with E-state index in [4.69, 9.17) is 4.74 Å². The summed E-state index contributed by atoms with van der Waals surface area (Å²) >= 11 is 0. The number of nitrogens with one attached hydrogen (secondary N) is 1. The molecule has 1 amide bonds. The Morgan fingerprint density at radius 1 is 0.346 bits per heavy atom. The summed E-state index contributed by atoms with van der Waals surface area (Å²) in [6, 6.07) is -0.542. The molecule has 0 rings (SSSR count). The summed E-state index contributed by atoms with van der Waals surface area (Å²) in [5.41, 5.74) is 0. The zero-order chi connectivity index (χ0) is 56.4. The first-order valence-corrected chi connectivity index (χ1v) is 35.6. The molecule has 0 fully saturated rings. The van der Waals surface area contributed by atoms with Crippen molar-refractivity contribution in [3.8, 4) is 0 Å². The Morgan fingerprint density at radius 3 is 0.936 bits per heavy atom. The summed E-state index contributed by atoms with van der Waals surface area (Å²) < 4.78 is 5.47. The van der Waals surface area contributed by atoms with E-state index in [-0.39, 0.29) is 18.5 Å². The van der Waals surface area contributed by atoms with E-state index in [1.807, 2.05) is 0 Å². The van der Waals surface area contributed by atoms with Crippen molar-refractivity contribution in [2.45, 2.75) is 411 Å². The lowest BCUT2D eigenvalue weighted by Crippen LogP contribution is -2.45. The molecule has 2 atom stereocenters. The lowest BCUT2D eigenvalue weighted by molar-refractivity contribution is -0.143. The molecule has 2 unspecified atom stereocenters. The average Bonchev–Trinajstić information content (AvgIpc) is 3.44. The molecule has 0 saturated heterocycles. The van der Waals surface area contributed by atoms with Gasteiger partial charge in [0.05, 0.1) is 25.4 Å². The number of amides is 1. The average molecular weight is 1100 g/mol. The third-order valence-electron chi connectivity index (χ3n) is 16.7. The molecule has 0 heterocycles. The zero-order valence-corrected chi connectivity index (χ0v) is 52.9. The van der Waals surface area contributed by atoms with Gasteiger partial charge >= 0.3 is 5.97 Å². The summed E-state index contributed by atoms with van der Waals surface area (Å²) in [5.74, 6) is -0.0241. The smallest absolute Gasteiger partial charge is 0.305 e. The standard InChI is InChI=1S/C72H139NO5/c1-3-5-7-9-11-13-15-17-18-19-20-29-32-35-38-41-44-48-52-56-60-64-70(75)69(68-74)73-71(76)65-61-57-53-49-45-42-39-36-33-30-27-25-23-21-22-24-26-28-31-34-37-40-43-47-51-55-59-63-67-78-72(77)66-62-58-54-50-46-16-14-12-10-8-6-4-2/h12,14,21-22,69-70,74-75H,3-11,13,15-20,23-68H2,1-2H3,(H,73,76)/b14-12-,22-21-. The molecule has 78 heavy (non-hydrogen) atoms. The summed E-state index contributed by atoms with van der Waals surface area (Å²) in [5, 5.41) is 23.4. The van der Waals surface area contributed by atoms with Crippen LogP contribution in [-0.2, 0) is 14.3 Å². The van der Waals surface area contributed by atoms with Gasteiger partial charge < -0.3 is 20.3 Å². The van der Waals surface area contributed by atoms with E-state index >= 15 is 0 Å². The second-order valence-electron chi connectivity index (χ2n) is 24.6. The van der Waals surface area contributed by atoms with Crippen molar-refractivity contribution in [2.75, 3.05) is 13.2 Å². The van der Waals surface area contributed by atoms with E-state index < -0.39 is 12.1 Å². The van der Waals surface area contributed by atoms with Crippen LogP contribution >= 0.6 is 0 Å². The maximum absolute atomic E-state index is 12.5. The van der Waals surface area contributed by atoms with Gasteiger partial charge in [-0.15, -0.1) is 0 Å². The van der Waals surface area contributed by atoms with Crippen LogP contribution in [0.15, 0.2) is 24.3 Å². The van der Waals surface area contributed by atoms with Crippen LogP contribution in [0.4, 0.5) is 0 Å². The maximum Gasteiger partial charge on any atom is 0.305 e. The molecular formula is C72H139NO5. The monoisotopic (exact) mass is 1100 g/mol. The van der Waals surface area contributed by atoms with Gasteiger partial charge in [0.2, 0.25) is 5.91 Å². The van der Waals surface area contributed by atoms with Crippen LogP contribution in [0.2, 0.25) is 0 Å². The van der Waals surface area contributed by atoms with Gasteiger partial charge in [-0.1, -0.05) is 334 Å². The summed E-state index contributed by atoms with van der Waals surface area (Å²) in [4.78, 5) is 24.6. The van der Waals surface area contributed by atoms with Crippen molar-refractivity contribution in [3.05, 3.63) is 24.3 Å². The van der Waals surface area contributed by atoms with Crippen LogP contribution in [0, 0.1) is 0 Å². The van der Waals surface area contributed by atoms with Gasteiger partial charge in [0, 0.05) is 12.8 Å². The molecule has 0 bridgehead atoms. The number of hydrogen-bond donors (Lipinski definition) is 3. The van der Waals surface area contributed by atoms with E-state index in [0.717, 1.165) is 44.9 Å². The van der Waals surface area contributed by atoms with Gasteiger partial charge in [0.15, 0.2) is 0 Å². The third kappa shape index (κ3) is 63.5. The number of carbonyl (C=O) groups excluding carboxylic acids is 2. The quantitative estimate of drug-likeness (QED) is 0.0320. The number of unbranched alkanes of at least 4 members (excludes halogenated alkanes) is 52. The molecule has 0 aliphatic heterocycles. The molecule has 0 aliphatic carbocycles. The molecule has 462 valence electrons. The van der Waals surface area contributed by atoms with E-state index in [2.05, 4.69) is 43.5 Å². The lowest BCUT2D eigenvalue weighted by atomic mass is 10.0. The topological polar surface area (TPSA) is 95.9 Å². The van der Waals surface area contributed by atoms with Gasteiger partial charge in [0.1, 0.15) is 0 Å². The van der Waals surface area contributed by atoms with Gasteiger partial charge in [-0.25, -0.2) is 0 Å². The third-order valence-corrected chi connectivity index (χ3v) is 16.7. The Morgan fingerprint density at radius 2 is 0.603 bits per heavy atom. The summed E-state index contributed by atoms with van der Waals surface area (Å²) in [6.45, 7) is 4.96. The number of aliphatic hydroxyl groups excluding tert-OH is 2. The Labute approximate surface area is 488 Å². The molecule has 0 saturated carbocycles. The number of aliphatic hydroxyl groups is 2. The van der Waals surface area contributed by atoms with E-state index in [0.29, 0.717) is 25.9 Å². The van der Waals surface area contributed by atoms with E-state index in [1.54, 1.807) is 0 Å². The number of carbonyl (C=O) groups is 2. The Balaban J connectivity index is 3.38. The minimum absolute atomic E-state index is 0.00638. The van der Waals surface area contributed by atoms with Crippen molar-refractivity contribution in [2.24, 2.45) is 0 Å². The maximum atomic E-state index is 12.5. The van der Waals surface area contributed by atoms with Crippen LogP contribution < -0.4 is 5.32 Å². The second kappa shape index (κ2) is 67.8. The molecule has 0 spiro atoms. The molecule has 0 aliphatic rings. The SMILES string of the molecule is CCCCC/C=C\CCCCCCCC(=O)OCCCCCCCCCCCCCC/C=C\CCCCCCCCCCCCCCC(=O)NC(CO)C(O)CCCCCCCCCCCCCCCCCCCCCCC. The number of rotatable bonds is 67. The summed E-state index contributed by atoms with van der Waals surface area (Å²) in [6.07, 6.45) is 85.1. The van der Waals surface area contributed by atoms with Crippen LogP contribution in [0.3, 0.4) is 0 Å². The van der Waals surface area contributed by atoms with Gasteiger partial charge in [0.25, 0.3) is 0 Å². The number of esters is 1. The molecule has 3 N–H and O–H groups in total. The lowest BCUT2D eigenvalue weighted by Gasteiger charge is -2.22. The second-order valence-corrected chi connectivity index (χ2v) is 24.6. The van der Waals surface area contributed by atoms with E-state index in [9.17, 15) is 19.8 Å². The number of ether oxygens (including phenoxy) is 1. The first kappa shape index (κ1) is 76.3. The highest BCUT2D eigenvalue weighted by atomic mass is 16.5. The number of allylic oxidation sites excluding steroid dienone is 4. The minimum atomic E-state index is -0.665. The highest BCUT2D eigenvalue weighted by Gasteiger charge is 2.20. The van der Waals surface area contributed by atoms with Crippen molar-refractivity contribution in [1.29, 1.82) is 0 Å². The largest absolute Gasteiger partial charge is 0.466 e. The first-order chi connectivity index (χ1) is 38.5. The van der Waals surface area contributed by atoms with E-state index in [1.165, 1.54) is 321 Å². The molecule has 6 heteroatoms. The van der Waals surface area contributed by atoms with Crippen LogP contribution in [-0.4, -0.2) is 47.4 Å². The number of hydrogen-bond acceptors (Lipinski definition) is 5. The fraction of sp³-hybridized carbons (Fsp3) is 0.917. The molecule has 0 radical (unpaired) electrons. The van der Waals surface area contributed by atoms with Crippen molar-refractivity contribution >= 4 is 11.9 Å². The molecule has 0 aromatic rings. The Kier molecular flexibility index (Phi) is 66.4. The van der Waals surface area contributed by atoms with Crippen LogP contribution in [0.5, 0.6) is 0 Å². The van der Waals surface area contributed by atoms with Crippen molar-refractivity contribution < 1.29 is 24.5 Å². The fourth-order valence-corrected chi connectivity index (χ4v) is 11.3. The van der Waals surface area contributed by atoms with Gasteiger partial charge in [-0.05, 0) is 77.0 Å². The Hall–Kier alpha value is -1.66. The van der Waals surface area contributed by atoms with Crippen LogP contribution in [0.1, 0.15) is 399 Å². The Bertz CT molecular complexity index is 1220. The highest BCUT2D eigenvalue weighted by Crippen LogP contribution is 2.19. The minimum Gasteiger partial charge on any atom is -0.466 e.